The van der Waals surface area contributed by atoms with E-state index in [4.69, 9.17) is 0 Å². The maximum Gasteiger partial charge on any atom is 0.0714 e. The Morgan fingerprint density at radius 3 is 1.08 bits per heavy atom. The standard InChI is InChI=1S/C51H56N2/c1-11-49(9,12-2)39-15-17-43-44-18-16-40(50(10,13-3)14-4)32-46(44)51(45(43)31-39,41-27-33(5)47(34(6)28-41)37-19-23-52-24-20-37)42-29-35(7)48(36(8)30-42)38-21-25-53-26-22-38/h15-32H,11-14H2,1-10H3. The third kappa shape index (κ3) is 5.77. The molecule has 0 amide bonds. The molecule has 0 radical (unpaired) electrons. The van der Waals surface area contributed by atoms with Crippen molar-refractivity contribution in [3.63, 3.8) is 0 Å². The second-order valence-electron chi connectivity index (χ2n) is 16.2. The Kier molecular flexibility index (Phi) is 9.56. The second kappa shape index (κ2) is 13.9. The molecule has 2 aromatic heterocycles. The van der Waals surface area contributed by atoms with E-state index >= 15 is 0 Å². The molecule has 1 aliphatic carbocycles. The van der Waals surface area contributed by atoms with Gasteiger partial charge >= 0.3 is 0 Å². The number of pyridine rings is 2. The van der Waals surface area contributed by atoms with E-state index in [0.29, 0.717) is 0 Å². The highest BCUT2D eigenvalue weighted by molar-refractivity contribution is 5.88. The summed E-state index contributed by atoms with van der Waals surface area (Å²) in [6.07, 6.45) is 12.0. The molecule has 0 spiro atoms. The SMILES string of the molecule is CCC(C)(CC)c1ccc2c(c1)C(c1cc(C)c(-c3ccncc3)c(C)c1)(c1cc(C)c(-c3ccncc3)c(C)c1)c1cc(C(C)(CC)CC)ccc1-2. The zero-order valence-electron chi connectivity index (χ0n) is 33.6. The number of benzene rings is 4. The highest BCUT2D eigenvalue weighted by Gasteiger charge is 2.48. The molecular weight excluding hydrogens is 641 g/mol. The Labute approximate surface area is 318 Å². The van der Waals surface area contributed by atoms with E-state index in [0.717, 1.165) is 25.7 Å². The lowest BCUT2D eigenvalue weighted by Gasteiger charge is -2.38. The number of fused-ring (bicyclic) bond motifs is 3. The summed E-state index contributed by atoms with van der Waals surface area (Å²) in [6.45, 7) is 23.4. The predicted molar refractivity (Wildman–Crippen MR) is 225 cm³/mol. The first-order valence-electron chi connectivity index (χ1n) is 19.8. The van der Waals surface area contributed by atoms with E-state index in [1.54, 1.807) is 0 Å². The second-order valence-corrected chi connectivity index (χ2v) is 16.2. The molecule has 0 bridgehead atoms. The van der Waals surface area contributed by atoms with Crippen molar-refractivity contribution >= 4 is 0 Å². The largest absolute Gasteiger partial charge is 0.265 e. The minimum Gasteiger partial charge on any atom is -0.265 e. The normalized spacial score (nSPS) is 13.5. The van der Waals surface area contributed by atoms with E-state index in [-0.39, 0.29) is 10.8 Å². The van der Waals surface area contributed by atoms with Crippen LogP contribution in [0.2, 0.25) is 0 Å². The van der Waals surface area contributed by atoms with Crippen LogP contribution in [0.4, 0.5) is 0 Å². The van der Waals surface area contributed by atoms with E-state index in [2.05, 4.69) is 164 Å². The van der Waals surface area contributed by atoms with Gasteiger partial charge in [0.15, 0.2) is 0 Å². The van der Waals surface area contributed by atoms with Crippen LogP contribution >= 0.6 is 0 Å². The van der Waals surface area contributed by atoms with Gasteiger partial charge in [-0.05, 0) is 177 Å². The number of rotatable bonds is 10. The van der Waals surface area contributed by atoms with Crippen LogP contribution < -0.4 is 0 Å². The van der Waals surface area contributed by atoms with Crippen LogP contribution in [0.15, 0.2) is 110 Å². The lowest BCUT2D eigenvalue weighted by atomic mass is 9.64. The van der Waals surface area contributed by atoms with Gasteiger partial charge in [0.2, 0.25) is 0 Å². The van der Waals surface area contributed by atoms with Crippen molar-refractivity contribution in [2.45, 2.75) is 111 Å². The average molecular weight is 697 g/mol. The fraction of sp³-hybridized carbons (Fsp3) is 0.333. The van der Waals surface area contributed by atoms with Crippen LogP contribution in [-0.2, 0) is 16.2 Å². The van der Waals surface area contributed by atoms with Gasteiger partial charge in [-0.3, -0.25) is 9.97 Å². The number of aromatic nitrogens is 2. The first-order chi connectivity index (χ1) is 25.4. The van der Waals surface area contributed by atoms with Crippen molar-refractivity contribution in [1.82, 2.24) is 9.97 Å². The molecule has 0 N–H and O–H groups in total. The molecule has 2 heterocycles. The highest BCUT2D eigenvalue weighted by Crippen LogP contribution is 2.59. The van der Waals surface area contributed by atoms with Crippen molar-refractivity contribution in [2.75, 3.05) is 0 Å². The van der Waals surface area contributed by atoms with Crippen LogP contribution in [0.3, 0.4) is 0 Å². The molecule has 2 nitrogen and oxygen atoms in total. The third-order valence-corrected chi connectivity index (χ3v) is 13.5. The fourth-order valence-electron chi connectivity index (χ4n) is 9.49. The summed E-state index contributed by atoms with van der Waals surface area (Å²) in [7, 11) is 0. The van der Waals surface area contributed by atoms with Gasteiger partial charge in [0.25, 0.3) is 0 Å². The molecule has 0 aliphatic heterocycles. The van der Waals surface area contributed by atoms with Gasteiger partial charge in [-0.15, -0.1) is 0 Å². The zero-order valence-corrected chi connectivity index (χ0v) is 33.6. The number of nitrogens with zero attached hydrogens (tertiary/aromatic N) is 2. The van der Waals surface area contributed by atoms with Crippen molar-refractivity contribution in [1.29, 1.82) is 0 Å². The maximum absolute atomic E-state index is 4.34. The van der Waals surface area contributed by atoms with Crippen LogP contribution in [0.25, 0.3) is 33.4 Å². The molecule has 53 heavy (non-hydrogen) atoms. The number of hydrogen-bond acceptors (Lipinski definition) is 2. The molecule has 6 aromatic rings. The average Bonchev–Trinajstić information content (AvgIpc) is 3.47. The molecule has 4 aromatic carbocycles. The van der Waals surface area contributed by atoms with Crippen molar-refractivity contribution < 1.29 is 0 Å². The van der Waals surface area contributed by atoms with Crippen molar-refractivity contribution in [2.24, 2.45) is 0 Å². The van der Waals surface area contributed by atoms with Crippen LogP contribution in [0.5, 0.6) is 0 Å². The van der Waals surface area contributed by atoms with Crippen LogP contribution in [-0.4, -0.2) is 9.97 Å². The molecule has 0 fully saturated rings. The molecule has 0 atom stereocenters. The van der Waals surface area contributed by atoms with Crippen molar-refractivity contribution in [3.8, 4) is 33.4 Å². The third-order valence-electron chi connectivity index (χ3n) is 13.5. The van der Waals surface area contributed by atoms with Gasteiger partial charge in [0.05, 0.1) is 5.41 Å². The molecule has 0 saturated heterocycles. The lowest BCUT2D eigenvalue weighted by molar-refractivity contribution is 0.437. The summed E-state index contributed by atoms with van der Waals surface area (Å²) in [6, 6.07) is 33.5. The van der Waals surface area contributed by atoms with Crippen LogP contribution in [0.1, 0.15) is 123 Å². The van der Waals surface area contributed by atoms with Gasteiger partial charge in [0, 0.05) is 24.8 Å². The molecule has 7 rings (SSSR count). The minimum absolute atomic E-state index is 0.0811. The molecule has 2 heteroatoms. The number of aryl methyl sites for hydroxylation is 4. The minimum atomic E-state index is -0.528. The summed E-state index contributed by atoms with van der Waals surface area (Å²) in [5, 5.41) is 0. The first kappa shape index (κ1) is 36.5. The van der Waals surface area contributed by atoms with Crippen molar-refractivity contribution in [3.05, 3.63) is 165 Å². The summed E-state index contributed by atoms with van der Waals surface area (Å²) < 4.78 is 0. The Balaban J connectivity index is 1.65. The predicted octanol–water partition coefficient (Wildman–Crippen LogP) is 13.6. The van der Waals surface area contributed by atoms with Gasteiger partial charge in [-0.25, -0.2) is 0 Å². The molecule has 270 valence electrons. The quantitative estimate of drug-likeness (QED) is 0.142. The molecular formula is C51H56N2. The van der Waals surface area contributed by atoms with Gasteiger partial charge in [0.1, 0.15) is 0 Å². The van der Waals surface area contributed by atoms with E-state index in [1.807, 2.05) is 24.8 Å². The van der Waals surface area contributed by atoms with Gasteiger partial charge in [-0.2, -0.15) is 0 Å². The number of hydrogen-bond donors (Lipinski definition) is 0. The zero-order chi connectivity index (χ0) is 37.7. The Hall–Kier alpha value is -4.82. The maximum atomic E-state index is 4.34. The first-order valence-corrected chi connectivity index (χ1v) is 19.8. The summed E-state index contributed by atoms with van der Waals surface area (Å²) in [5.74, 6) is 0. The van der Waals surface area contributed by atoms with E-state index in [1.165, 1.54) is 89.0 Å². The summed E-state index contributed by atoms with van der Waals surface area (Å²) in [5.41, 5.74) is 20.8. The summed E-state index contributed by atoms with van der Waals surface area (Å²) >= 11 is 0. The Morgan fingerprint density at radius 2 is 0.774 bits per heavy atom. The topological polar surface area (TPSA) is 25.8 Å². The van der Waals surface area contributed by atoms with Gasteiger partial charge in [-0.1, -0.05) is 102 Å². The molecule has 0 unspecified atom stereocenters. The highest BCUT2D eigenvalue weighted by atomic mass is 14.6. The Morgan fingerprint density at radius 1 is 0.453 bits per heavy atom. The molecule has 0 saturated carbocycles. The lowest BCUT2D eigenvalue weighted by Crippen LogP contribution is -2.31. The van der Waals surface area contributed by atoms with Gasteiger partial charge < -0.3 is 0 Å². The van der Waals surface area contributed by atoms with E-state index < -0.39 is 5.41 Å². The smallest absolute Gasteiger partial charge is 0.0714 e. The Bertz CT molecular complexity index is 2080. The van der Waals surface area contributed by atoms with E-state index in [9.17, 15) is 0 Å². The fourth-order valence-corrected chi connectivity index (χ4v) is 9.49. The molecule has 1 aliphatic rings. The van der Waals surface area contributed by atoms with Crippen LogP contribution in [0, 0.1) is 27.7 Å². The summed E-state index contributed by atoms with van der Waals surface area (Å²) in [4.78, 5) is 8.67. The monoisotopic (exact) mass is 696 g/mol.